The highest BCUT2D eigenvalue weighted by Gasteiger charge is 2.16. The number of carbonyl (C=O) groups excluding carboxylic acids is 1. The Hall–Kier alpha value is -1.46. The Balaban J connectivity index is 1.81. The highest BCUT2D eigenvalue weighted by molar-refractivity contribution is 6.31. The first-order chi connectivity index (χ1) is 9.56. The maximum absolute atomic E-state index is 10.7. The van der Waals surface area contributed by atoms with Crippen molar-refractivity contribution < 1.29 is 14.3 Å². The summed E-state index contributed by atoms with van der Waals surface area (Å²) >= 11 is 6.19. The molecule has 0 spiro atoms. The van der Waals surface area contributed by atoms with Crippen LogP contribution < -0.4 is 20.5 Å². The zero-order valence-corrected chi connectivity index (χ0v) is 12.2. The Morgan fingerprint density at radius 2 is 2.15 bits per heavy atom. The van der Waals surface area contributed by atoms with Crippen molar-refractivity contribution in [3.8, 4) is 11.5 Å². The van der Waals surface area contributed by atoms with Crippen LogP contribution in [-0.2, 0) is 11.3 Å². The lowest BCUT2D eigenvalue weighted by atomic mass is 10.1. The SMILES string of the molecule is CC(CCC(N)=O)CNCc1cc2c(cc1Cl)OCO2. The summed E-state index contributed by atoms with van der Waals surface area (Å²) in [4.78, 5) is 10.7. The van der Waals surface area contributed by atoms with Gasteiger partial charge in [-0.15, -0.1) is 0 Å². The number of hydrogen-bond acceptors (Lipinski definition) is 4. The fourth-order valence-corrected chi connectivity index (χ4v) is 2.26. The minimum Gasteiger partial charge on any atom is -0.454 e. The molecule has 0 aliphatic carbocycles. The van der Waals surface area contributed by atoms with Crippen molar-refractivity contribution in [1.82, 2.24) is 5.32 Å². The van der Waals surface area contributed by atoms with Gasteiger partial charge in [0.1, 0.15) is 0 Å². The number of nitrogens with two attached hydrogens (primary N) is 1. The number of amides is 1. The molecule has 0 saturated heterocycles. The molecule has 1 heterocycles. The van der Waals surface area contributed by atoms with Crippen LogP contribution in [0.1, 0.15) is 25.3 Å². The van der Waals surface area contributed by atoms with Crippen molar-refractivity contribution in [2.24, 2.45) is 11.7 Å². The standard InChI is InChI=1S/C14H19ClN2O3/c1-9(2-3-14(16)18)6-17-7-10-4-12-13(5-11(10)15)20-8-19-12/h4-5,9,17H,2-3,6-8H2,1H3,(H2,16,18). The largest absolute Gasteiger partial charge is 0.454 e. The van der Waals surface area contributed by atoms with Gasteiger partial charge in [-0.3, -0.25) is 4.79 Å². The van der Waals surface area contributed by atoms with Crippen molar-refractivity contribution in [2.75, 3.05) is 13.3 Å². The summed E-state index contributed by atoms with van der Waals surface area (Å²) < 4.78 is 10.6. The van der Waals surface area contributed by atoms with E-state index in [-0.39, 0.29) is 12.7 Å². The van der Waals surface area contributed by atoms with E-state index < -0.39 is 0 Å². The zero-order chi connectivity index (χ0) is 14.5. The number of halogens is 1. The van der Waals surface area contributed by atoms with E-state index in [1.807, 2.05) is 6.07 Å². The molecule has 2 rings (SSSR count). The van der Waals surface area contributed by atoms with Crippen LogP contribution in [0.2, 0.25) is 5.02 Å². The third-order valence-electron chi connectivity index (χ3n) is 3.23. The number of fused-ring (bicyclic) bond motifs is 1. The first-order valence-electron chi connectivity index (χ1n) is 6.63. The van der Waals surface area contributed by atoms with Crippen LogP contribution in [0.15, 0.2) is 12.1 Å². The Kier molecular flexibility index (Phi) is 5.09. The normalized spacial score (nSPS) is 14.3. The number of hydrogen-bond donors (Lipinski definition) is 2. The molecule has 1 atom stereocenters. The topological polar surface area (TPSA) is 73.6 Å². The van der Waals surface area contributed by atoms with Gasteiger partial charge < -0.3 is 20.5 Å². The lowest BCUT2D eigenvalue weighted by Gasteiger charge is -2.12. The molecule has 20 heavy (non-hydrogen) atoms. The average molecular weight is 299 g/mol. The third kappa shape index (κ3) is 4.02. The van der Waals surface area contributed by atoms with Crippen molar-refractivity contribution in [2.45, 2.75) is 26.3 Å². The Labute approximate surface area is 123 Å². The predicted octanol–water partition coefficient (Wildman–Crippen LogP) is 2.06. The third-order valence-corrected chi connectivity index (χ3v) is 3.59. The highest BCUT2D eigenvalue weighted by Crippen LogP contribution is 2.36. The van der Waals surface area contributed by atoms with Crippen molar-refractivity contribution in [1.29, 1.82) is 0 Å². The minimum atomic E-state index is -0.254. The molecule has 1 aliphatic heterocycles. The molecule has 0 saturated carbocycles. The van der Waals surface area contributed by atoms with Crippen LogP contribution >= 0.6 is 11.6 Å². The Morgan fingerprint density at radius 1 is 1.45 bits per heavy atom. The fraction of sp³-hybridized carbons (Fsp3) is 0.500. The second-order valence-electron chi connectivity index (χ2n) is 5.04. The molecule has 1 aromatic carbocycles. The van der Waals surface area contributed by atoms with Crippen LogP contribution in [0.4, 0.5) is 0 Å². The molecule has 6 heteroatoms. The second-order valence-corrected chi connectivity index (χ2v) is 5.45. The number of ether oxygens (including phenoxy) is 2. The average Bonchev–Trinajstić information content (AvgIpc) is 2.83. The van der Waals surface area contributed by atoms with E-state index in [1.165, 1.54) is 0 Å². The van der Waals surface area contributed by atoms with Gasteiger partial charge in [-0.1, -0.05) is 18.5 Å². The first-order valence-corrected chi connectivity index (χ1v) is 7.01. The van der Waals surface area contributed by atoms with Gasteiger partial charge in [0, 0.05) is 24.1 Å². The number of primary amides is 1. The molecule has 0 radical (unpaired) electrons. The van der Waals surface area contributed by atoms with E-state index in [0.717, 1.165) is 24.3 Å². The Morgan fingerprint density at radius 3 is 2.85 bits per heavy atom. The molecule has 110 valence electrons. The van der Waals surface area contributed by atoms with E-state index in [9.17, 15) is 4.79 Å². The van der Waals surface area contributed by atoms with Gasteiger partial charge in [0.05, 0.1) is 0 Å². The molecule has 1 aromatic rings. The number of carbonyl (C=O) groups is 1. The van der Waals surface area contributed by atoms with Crippen molar-refractivity contribution in [3.05, 3.63) is 22.7 Å². The summed E-state index contributed by atoms with van der Waals surface area (Å²) in [6, 6.07) is 3.67. The lowest BCUT2D eigenvalue weighted by molar-refractivity contribution is -0.118. The molecule has 5 nitrogen and oxygen atoms in total. The highest BCUT2D eigenvalue weighted by atomic mass is 35.5. The van der Waals surface area contributed by atoms with Crippen LogP contribution in [0, 0.1) is 5.92 Å². The first kappa shape index (κ1) is 14.9. The van der Waals surface area contributed by atoms with Gasteiger partial charge in [-0.05, 0) is 30.5 Å². The van der Waals surface area contributed by atoms with E-state index in [2.05, 4.69) is 12.2 Å². The van der Waals surface area contributed by atoms with Gasteiger partial charge in [-0.25, -0.2) is 0 Å². The molecule has 1 amide bonds. The number of nitrogens with one attached hydrogen (secondary N) is 1. The van der Waals surface area contributed by atoms with Crippen molar-refractivity contribution >= 4 is 17.5 Å². The Bertz CT molecular complexity index is 494. The zero-order valence-electron chi connectivity index (χ0n) is 11.4. The summed E-state index contributed by atoms with van der Waals surface area (Å²) in [5, 5.41) is 3.98. The van der Waals surface area contributed by atoms with Gasteiger partial charge in [0.2, 0.25) is 12.7 Å². The van der Waals surface area contributed by atoms with Crippen molar-refractivity contribution in [3.63, 3.8) is 0 Å². The summed E-state index contributed by atoms with van der Waals surface area (Å²) in [5.41, 5.74) is 6.10. The molecule has 3 N–H and O–H groups in total. The van der Waals surface area contributed by atoms with E-state index in [1.54, 1.807) is 6.07 Å². The summed E-state index contributed by atoms with van der Waals surface area (Å²) in [5.74, 6) is 1.55. The summed E-state index contributed by atoms with van der Waals surface area (Å²) in [7, 11) is 0. The van der Waals surface area contributed by atoms with E-state index in [0.29, 0.717) is 29.7 Å². The molecule has 1 unspecified atom stereocenters. The van der Waals surface area contributed by atoms with Crippen LogP contribution in [-0.4, -0.2) is 19.2 Å². The van der Waals surface area contributed by atoms with Gasteiger partial charge in [-0.2, -0.15) is 0 Å². The molecule has 0 fully saturated rings. The maximum Gasteiger partial charge on any atom is 0.231 e. The number of rotatable bonds is 7. The smallest absolute Gasteiger partial charge is 0.231 e. The molecular formula is C14H19ClN2O3. The summed E-state index contributed by atoms with van der Waals surface area (Å²) in [6.45, 7) is 3.78. The molecule has 0 bridgehead atoms. The maximum atomic E-state index is 10.7. The summed E-state index contributed by atoms with van der Waals surface area (Å²) in [6.07, 6.45) is 1.21. The van der Waals surface area contributed by atoms with Gasteiger partial charge in [0.25, 0.3) is 0 Å². The quantitative estimate of drug-likeness (QED) is 0.808. The molecule has 1 aliphatic rings. The molecular weight excluding hydrogens is 280 g/mol. The number of benzene rings is 1. The van der Waals surface area contributed by atoms with Crippen LogP contribution in [0.3, 0.4) is 0 Å². The van der Waals surface area contributed by atoms with E-state index in [4.69, 9.17) is 26.8 Å². The monoisotopic (exact) mass is 298 g/mol. The minimum absolute atomic E-state index is 0.243. The van der Waals surface area contributed by atoms with E-state index >= 15 is 0 Å². The fourth-order valence-electron chi connectivity index (χ4n) is 2.04. The predicted molar refractivity (Wildman–Crippen MR) is 76.9 cm³/mol. The molecule has 0 aromatic heterocycles. The second kappa shape index (κ2) is 6.81. The van der Waals surface area contributed by atoms with Crippen LogP contribution in [0.25, 0.3) is 0 Å². The van der Waals surface area contributed by atoms with Crippen LogP contribution in [0.5, 0.6) is 11.5 Å². The van der Waals surface area contributed by atoms with Gasteiger partial charge >= 0.3 is 0 Å². The lowest BCUT2D eigenvalue weighted by Crippen LogP contribution is -2.22. The van der Waals surface area contributed by atoms with Gasteiger partial charge in [0.15, 0.2) is 11.5 Å².